The van der Waals surface area contributed by atoms with Gasteiger partial charge in [0.15, 0.2) is 0 Å². The molecule has 1 fully saturated rings. The third kappa shape index (κ3) is 3.15. The van der Waals surface area contributed by atoms with Gasteiger partial charge in [-0.1, -0.05) is 0 Å². The fourth-order valence-corrected chi connectivity index (χ4v) is 1.71. The first kappa shape index (κ1) is 10.8. The number of alkyl halides is 3. The minimum atomic E-state index is -4.03. The lowest BCUT2D eigenvalue weighted by Gasteiger charge is -2.33. The number of nitrogens with two attached hydrogens (primary N) is 1. The van der Waals surface area contributed by atoms with Crippen LogP contribution >= 0.6 is 0 Å². The van der Waals surface area contributed by atoms with Crippen LogP contribution in [0.4, 0.5) is 13.2 Å². The molecule has 0 radical (unpaired) electrons. The second-order valence-corrected chi connectivity index (χ2v) is 3.47. The monoisotopic (exact) mass is 196 g/mol. The van der Waals surface area contributed by atoms with Crippen molar-refractivity contribution in [1.29, 1.82) is 0 Å². The minimum Gasteiger partial charge on any atom is -0.329 e. The van der Waals surface area contributed by atoms with Gasteiger partial charge in [0.05, 0.1) is 5.92 Å². The van der Waals surface area contributed by atoms with E-state index in [9.17, 15) is 13.2 Å². The molecule has 1 heterocycles. The van der Waals surface area contributed by atoms with Crippen LogP contribution in [0.25, 0.3) is 0 Å². The van der Waals surface area contributed by atoms with E-state index in [4.69, 9.17) is 5.73 Å². The van der Waals surface area contributed by atoms with Crippen molar-refractivity contribution >= 4 is 0 Å². The summed E-state index contributed by atoms with van der Waals surface area (Å²) in [6.07, 6.45) is -3.14. The van der Waals surface area contributed by atoms with E-state index in [0.29, 0.717) is 19.5 Å². The first-order valence-electron chi connectivity index (χ1n) is 4.53. The van der Waals surface area contributed by atoms with Crippen molar-refractivity contribution < 1.29 is 13.2 Å². The van der Waals surface area contributed by atoms with E-state index in [1.54, 1.807) is 4.90 Å². The van der Waals surface area contributed by atoms with Gasteiger partial charge in [-0.2, -0.15) is 13.2 Å². The highest BCUT2D eigenvalue weighted by molar-refractivity contribution is 4.77. The Morgan fingerprint density at radius 1 is 1.38 bits per heavy atom. The number of hydrogen-bond acceptors (Lipinski definition) is 2. The SMILES string of the molecule is NCCN1CCC[C@@H](C(F)(F)F)C1. The fraction of sp³-hybridized carbons (Fsp3) is 1.00. The molecule has 1 saturated heterocycles. The lowest BCUT2D eigenvalue weighted by molar-refractivity contribution is -0.186. The van der Waals surface area contributed by atoms with E-state index in [2.05, 4.69) is 0 Å². The van der Waals surface area contributed by atoms with Crippen molar-refractivity contribution in [1.82, 2.24) is 4.90 Å². The van der Waals surface area contributed by atoms with Gasteiger partial charge in [-0.25, -0.2) is 0 Å². The van der Waals surface area contributed by atoms with Crippen LogP contribution in [0.1, 0.15) is 12.8 Å². The summed E-state index contributed by atoms with van der Waals surface area (Å²) in [5, 5.41) is 0. The topological polar surface area (TPSA) is 29.3 Å². The highest BCUT2D eigenvalue weighted by Gasteiger charge is 2.41. The van der Waals surface area contributed by atoms with E-state index >= 15 is 0 Å². The molecule has 0 saturated carbocycles. The number of piperidine rings is 1. The molecule has 2 N–H and O–H groups in total. The summed E-state index contributed by atoms with van der Waals surface area (Å²) in [5.41, 5.74) is 5.29. The molecule has 78 valence electrons. The summed E-state index contributed by atoms with van der Waals surface area (Å²) in [4.78, 5) is 1.79. The maximum Gasteiger partial charge on any atom is 0.393 e. The normalized spacial score (nSPS) is 26.3. The van der Waals surface area contributed by atoms with E-state index in [1.165, 1.54) is 0 Å². The number of hydrogen-bond donors (Lipinski definition) is 1. The molecule has 0 aromatic rings. The lowest BCUT2D eigenvalue weighted by atomic mass is 9.97. The summed E-state index contributed by atoms with van der Waals surface area (Å²) in [5.74, 6) is -1.15. The predicted molar refractivity (Wildman–Crippen MR) is 44.3 cm³/mol. The average molecular weight is 196 g/mol. The van der Waals surface area contributed by atoms with Gasteiger partial charge in [-0.15, -0.1) is 0 Å². The van der Waals surface area contributed by atoms with E-state index in [0.717, 1.165) is 6.54 Å². The van der Waals surface area contributed by atoms with Crippen molar-refractivity contribution in [3.05, 3.63) is 0 Å². The van der Waals surface area contributed by atoms with Crippen LogP contribution in [0, 0.1) is 5.92 Å². The largest absolute Gasteiger partial charge is 0.393 e. The maximum atomic E-state index is 12.3. The number of likely N-dealkylation sites (tertiary alicyclic amines) is 1. The first-order chi connectivity index (χ1) is 6.04. The van der Waals surface area contributed by atoms with Crippen molar-refractivity contribution in [2.24, 2.45) is 11.7 Å². The molecule has 1 aliphatic rings. The van der Waals surface area contributed by atoms with Gasteiger partial charge in [-0.05, 0) is 19.4 Å². The van der Waals surface area contributed by atoms with E-state index < -0.39 is 12.1 Å². The van der Waals surface area contributed by atoms with Gasteiger partial charge in [-0.3, -0.25) is 0 Å². The molecule has 1 aliphatic heterocycles. The summed E-state index contributed by atoms with van der Waals surface area (Å²) < 4.78 is 36.9. The summed E-state index contributed by atoms with van der Waals surface area (Å²) in [7, 11) is 0. The highest BCUT2D eigenvalue weighted by Crippen LogP contribution is 2.32. The molecule has 0 aromatic carbocycles. The number of halogens is 3. The first-order valence-corrected chi connectivity index (χ1v) is 4.53. The van der Waals surface area contributed by atoms with Crippen LogP contribution in [-0.4, -0.2) is 37.3 Å². The molecule has 0 bridgehead atoms. The lowest BCUT2D eigenvalue weighted by Crippen LogP contribution is -2.43. The molecule has 5 heteroatoms. The summed E-state index contributed by atoms with van der Waals surface area (Å²) >= 11 is 0. The Labute approximate surface area is 75.9 Å². The molecule has 0 amide bonds. The Morgan fingerprint density at radius 2 is 2.08 bits per heavy atom. The number of nitrogens with zero attached hydrogens (tertiary/aromatic N) is 1. The molecule has 0 spiro atoms. The minimum absolute atomic E-state index is 0.126. The van der Waals surface area contributed by atoms with Crippen LogP contribution in [0.5, 0.6) is 0 Å². The summed E-state index contributed by atoms with van der Waals surface area (Å²) in [6.45, 7) is 1.89. The van der Waals surface area contributed by atoms with Gasteiger partial charge in [0.1, 0.15) is 0 Å². The fourth-order valence-electron chi connectivity index (χ4n) is 1.71. The third-order valence-corrected chi connectivity index (χ3v) is 2.41. The molecule has 13 heavy (non-hydrogen) atoms. The Balaban J connectivity index is 2.42. The molecule has 1 atom stereocenters. The zero-order valence-electron chi connectivity index (χ0n) is 7.48. The predicted octanol–water partition coefficient (Wildman–Crippen LogP) is 1.22. The van der Waals surface area contributed by atoms with Crippen LogP contribution in [0.2, 0.25) is 0 Å². The smallest absolute Gasteiger partial charge is 0.329 e. The van der Waals surface area contributed by atoms with Crippen LogP contribution < -0.4 is 5.73 Å². The highest BCUT2D eigenvalue weighted by atomic mass is 19.4. The second kappa shape index (κ2) is 4.28. The molecular formula is C8H15F3N2. The van der Waals surface area contributed by atoms with Gasteiger partial charge < -0.3 is 10.6 Å². The van der Waals surface area contributed by atoms with Crippen LogP contribution in [-0.2, 0) is 0 Å². The second-order valence-electron chi connectivity index (χ2n) is 3.47. The van der Waals surface area contributed by atoms with Gasteiger partial charge in [0, 0.05) is 19.6 Å². The average Bonchev–Trinajstić information content (AvgIpc) is 2.04. The van der Waals surface area contributed by atoms with E-state index in [1.807, 2.05) is 0 Å². The molecule has 1 rings (SSSR count). The summed E-state index contributed by atoms with van der Waals surface area (Å²) in [6, 6.07) is 0. The molecular weight excluding hydrogens is 181 g/mol. The Bertz CT molecular complexity index is 156. The van der Waals surface area contributed by atoms with Crippen LogP contribution in [0.15, 0.2) is 0 Å². The molecule has 0 unspecified atom stereocenters. The zero-order chi connectivity index (χ0) is 9.90. The van der Waals surface area contributed by atoms with E-state index in [-0.39, 0.29) is 13.0 Å². The Hall–Kier alpha value is -0.290. The maximum absolute atomic E-state index is 12.3. The van der Waals surface area contributed by atoms with Gasteiger partial charge in [0.2, 0.25) is 0 Å². The van der Waals surface area contributed by atoms with Crippen molar-refractivity contribution in [3.8, 4) is 0 Å². The zero-order valence-corrected chi connectivity index (χ0v) is 7.48. The molecule has 0 aromatic heterocycles. The standard InChI is InChI=1S/C8H15F3N2/c9-8(10,11)7-2-1-4-13(6-7)5-3-12/h7H,1-6,12H2/t7-/m1/s1. The molecule has 2 nitrogen and oxygen atoms in total. The van der Waals surface area contributed by atoms with Gasteiger partial charge in [0.25, 0.3) is 0 Å². The third-order valence-electron chi connectivity index (χ3n) is 2.41. The number of rotatable bonds is 2. The van der Waals surface area contributed by atoms with Gasteiger partial charge >= 0.3 is 6.18 Å². The Kier molecular flexibility index (Phi) is 3.55. The molecule has 0 aliphatic carbocycles. The quantitative estimate of drug-likeness (QED) is 0.719. The van der Waals surface area contributed by atoms with Crippen molar-refractivity contribution in [3.63, 3.8) is 0 Å². The van der Waals surface area contributed by atoms with Crippen molar-refractivity contribution in [2.75, 3.05) is 26.2 Å². The Morgan fingerprint density at radius 3 is 2.62 bits per heavy atom. The van der Waals surface area contributed by atoms with Crippen molar-refractivity contribution in [2.45, 2.75) is 19.0 Å². The van der Waals surface area contributed by atoms with Crippen LogP contribution in [0.3, 0.4) is 0 Å².